The molecule has 1 aliphatic heterocycles. The molecule has 1 fully saturated rings. The van der Waals surface area contributed by atoms with Gasteiger partial charge in [-0.25, -0.2) is 0 Å². The highest BCUT2D eigenvalue weighted by Crippen LogP contribution is 2.42. The standard InChI is InChI=1S/C12H16O3S/c1-9-3-4-10(14-2)11(5-9)16-12(6-13)7-15-8-12/h3-5,13H,6-8H2,1-2H3. The Morgan fingerprint density at radius 1 is 1.50 bits per heavy atom. The monoisotopic (exact) mass is 240 g/mol. The first-order chi connectivity index (χ1) is 7.69. The molecule has 2 rings (SSSR count). The third-order valence-corrected chi connectivity index (χ3v) is 4.00. The van der Waals surface area contributed by atoms with E-state index in [-0.39, 0.29) is 11.4 Å². The van der Waals surface area contributed by atoms with Gasteiger partial charge in [-0.3, -0.25) is 0 Å². The van der Waals surface area contributed by atoms with Crippen LogP contribution < -0.4 is 4.74 Å². The molecule has 1 heterocycles. The molecule has 0 radical (unpaired) electrons. The third kappa shape index (κ3) is 2.19. The van der Waals surface area contributed by atoms with Gasteiger partial charge in [0.05, 0.1) is 36.6 Å². The summed E-state index contributed by atoms with van der Waals surface area (Å²) in [6.07, 6.45) is 0. The van der Waals surface area contributed by atoms with Gasteiger partial charge in [0.1, 0.15) is 5.75 Å². The van der Waals surface area contributed by atoms with Gasteiger partial charge in [-0.2, -0.15) is 0 Å². The lowest BCUT2D eigenvalue weighted by Crippen LogP contribution is -2.49. The molecule has 0 saturated carbocycles. The molecular weight excluding hydrogens is 224 g/mol. The Morgan fingerprint density at radius 3 is 2.75 bits per heavy atom. The number of aliphatic hydroxyl groups is 1. The van der Waals surface area contributed by atoms with Crippen LogP contribution in [0.15, 0.2) is 23.1 Å². The molecule has 0 unspecified atom stereocenters. The summed E-state index contributed by atoms with van der Waals surface area (Å²) in [5.41, 5.74) is 1.19. The van der Waals surface area contributed by atoms with Crippen molar-refractivity contribution < 1.29 is 14.6 Å². The van der Waals surface area contributed by atoms with Crippen LogP contribution in [0.2, 0.25) is 0 Å². The second kappa shape index (κ2) is 4.65. The Labute approximate surface area is 99.8 Å². The number of rotatable bonds is 4. The predicted octanol–water partition coefficient (Wildman–Crippen LogP) is 1.86. The van der Waals surface area contributed by atoms with Crippen molar-refractivity contribution in [2.45, 2.75) is 16.6 Å². The van der Waals surface area contributed by atoms with Crippen molar-refractivity contribution in [1.82, 2.24) is 0 Å². The average Bonchev–Trinajstić information content (AvgIpc) is 2.24. The first-order valence-corrected chi connectivity index (χ1v) is 6.03. The molecule has 1 N–H and O–H groups in total. The van der Waals surface area contributed by atoms with Crippen molar-refractivity contribution in [2.75, 3.05) is 26.9 Å². The van der Waals surface area contributed by atoms with Crippen molar-refractivity contribution in [2.24, 2.45) is 0 Å². The minimum Gasteiger partial charge on any atom is -0.496 e. The first kappa shape index (κ1) is 11.8. The second-order valence-electron chi connectivity index (χ2n) is 4.09. The molecular formula is C12H16O3S. The molecule has 0 atom stereocenters. The van der Waals surface area contributed by atoms with Crippen LogP contribution in [-0.2, 0) is 4.74 Å². The molecule has 1 aromatic carbocycles. The summed E-state index contributed by atoms with van der Waals surface area (Å²) in [4.78, 5) is 1.07. The summed E-state index contributed by atoms with van der Waals surface area (Å²) in [6, 6.07) is 6.06. The van der Waals surface area contributed by atoms with Crippen LogP contribution in [0.4, 0.5) is 0 Å². The van der Waals surface area contributed by atoms with Gasteiger partial charge >= 0.3 is 0 Å². The predicted molar refractivity (Wildman–Crippen MR) is 64.2 cm³/mol. The minimum atomic E-state index is -0.179. The van der Waals surface area contributed by atoms with E-state index in [1.165, 1.54) is 5.56 Å². The van der Waals surface area contributed by atoms with Gasteiger partial charge in [0.2, 0.25) is 0 Å². The number of ether oxygens (including phenoxy) is 2. The molecule has 0 aromatic heterocycles. The average molecular weight is 240 g/mol. The van der Waals surface area contributed by atoms with E-state index in [9.17, 15) is 5.11 Å². The smallest absolute Gasteiger partial charge is 0.132 e. The highest BCUT2D eigenvalue weighted by molar-refractivity contribution is 8.01. The van der Waals surface area contributed by atoms with Crippen molar-refractivity contribution in [1.29, 1.82) is 0 Å². The first-order valence-electron chi connectivity index (χ1n) is 5.21. The summed E-state index contributed by atoms with van der Waals surface area (Å²) in [5, 5.41) is 9.39. The van der Waals surface area contributed by atoms with Crippen LogP contribution in [0.3, 0.4) is 0 Å². The van der Waals surface area contributed by atoms with E-state index < -0.39 is 0 Å². The Balaban J connectivity index is 2.22. The van der Waals surface area contributed by atoms with E-state index >= 15 is 0 Å². The molecule has 88 valence electrons. The van der Waals surface area contributed by atoms with E-state index in [1.54, 1.807) is 18.9 Å². The zero-order valence-corrected chi connectivity index (χ0v) is 10.3. The number of benzene rings is 1. The summed E-state index contributed by atoms with van der Waals surface area (Å²) < 4.78 is 10.3. The van der Waals surface area contributed by atoms with Crippen molar-refractivity contribution in [3.8, 4) is 5.75 Å². The fourth-order valence-corrected chi connectivity index (χ4v) is 2.92. The van der Waals surface area contributed by atoms with Crippen molar-refractivity contribution in [3.63, 3.8) is 0 Å². The zero-order valence-electron chi connectivity index (χ0n) is 9.53. The molecule has 0 amide bonds. The van der Waals surface area contributed by atoms with Crippen molar-refractivity contribution in [3.05, 3.63) is 23.8 Å². The van der Waals surface area contributed by atoms with E-state index in [0.717, 1.165) is 10.6 Å². The van der Waals surface area contributed by atoms with Crippen LogP contribution in [0.1, 0.15) is 5.56 Å². The zero-order chi connectivity index (χ0) is 11.6. The van der Waals surface area contributed by atoms with Crippen LogP contribution >= 0.6 is 11.8 Å². The number of hydrogen-bond donors (Lipinski definition) is 1. The third-order valence-electron chi connectivity index (χ3n) is 2.66. The molecule has 4 heteroatoms. The topological polar surface area (TPSA) is 38.7 Å². The maximum absolute atomic E-state index is 9.39. The summed E-state index contributed by atoms with van der Waals surface area (Å²) in [5.74, 6) is 0.857. The Bertz CT molecular complexity index is 369. The van der Waals surface area contributed by atoms with Gasteiger partial charge in [-0.05, 0) is 24.6 Å². The molecule has 0 spiro atoms. The van der Waals surface area contributed by atoms with Gasteiger partial charge in [-0.15, -0.1) is 11.8 Å². The molecule has 3 nitrogen and oxygen atoms in total. The van der Waals surface area contributed by atoms with Crippen molar-refractivity contribution >= 4 is 11.8 Å². The largest absolute Gasteiger partial charge is 0.496 e. The number of methoxy groups -OCH3 is 1. The van der Waals surface area contributed by atoms with E-state index in [2.05, 4.69) is 6.07 Å². The quantitative estimate of drug-likeness (QED) is 0.872. The number of aryl methyl sites for hydroxylation is 1. The van der Waals surface area contributed by atoms with Crippen LogP contribution in [0, 0.1) is 6.92 Å². The lowest BCUT2D eigenvalue weighted by molar-refractivity contribution is -0.0319. The van der Waals surface area contributed by atoms with Gasteiger partial charge in [0.25, 0.3) is 0 Å². The summed E-state index contributed by atoms with van der Waals surface area (Å²) in [7, 11) is 1.66. The number of thioether (sulfide) groups is 1. The van der Waals surface area contributed by atoms with Crippen LogP contribution in [-0.4, -0.2) is 36.8 Å². The fraction of sp³-hybridized carbons (Fsp3) is 0.500. The number of aliphatic hydroxyl groups excluding tert-OH is 1. The van der Waals surface area contributed by atoms with Gasteiger partial charge in [0, 0.05) is 0 Å². The normalized spacial score (nSPS) is 17.9. The molecule has 0 aliphatic carbocycles. The molecule has 1 aliphatic rings. The highest BCUT2D eigenvalue weighted by atomic mass is 32.2. The van der Waals surface area contributed by atoms with Gasteiger partial charge in [-0.1, -0.05) is 6.07 Å². The lowest BCUT2D eigenvalue weighted by Gasteiger charge is -2.39. The number of hydrogen-bond acceptors (Lipinski definition) is 4. The fourth-order valence-electron chi connectivity index (χ4n) is 1.61. The summed E-state index contributed by atoms with van der Waals surface area (Å²) in [6.45, 7) is 3.39. The van der Waals surface area contributed by atoms with E-state index in [4.69, 9.17) is 9.47 Å². The second-order valence-corrected chi connectivity index (χ2v) is 5.60. The summed E-state index contributed by atoms with van der Waals surface area (Å²) >= 11 is 1.64. The molecule has 0 bridgehead atoms. The maximum Gasteiger partial charge on any atom is 0.132 e. The van der Waals surface area contributed by atoms with Crippen LogP contribution in [0.25, 0.3) is 0 Å². The van der Waals surface area contributed by atoms with E-state index in [1.807, 2.05) is 19.1 Å². The molecule has 1 aromatic rings. The Kier molecular flexibility index (Phi) is 3.42. The minimum absolute atomic E-state index is 0.134. The van der Waals surface area contributed by atoms with Gasteiger partial charge in [0.15, 0.2) is 0 Å². The maximum atomic E-state index is 9.39. The lowest BCUT2D eigenvalue weighted by atomic mass is 10.1. The SMILES string of the molecule is COc1ccc(C)cc1SC1(CO)COC1. The Hall–Kier alpha value is -0.710. The highest BCUT2D eigenvalue weighted by Gasteiger charge is 2.39. The van der Waals surface area contributed by atoms with Gasteiger partial charge < -0.3 is 14.6 Å². The molecule has 16 heavy (non-hydrogen) atoms. The van der Waals surface area contributed by atoms with Crippen LogP contribution in [0.5, 0.6) is 5.75 Å². The Morgan fingerprint density at radius 2 is 2.25 bits per heavy atom. The molecule has 1 saturated heterocycles. The van der Waals surface area contributed by atoms with E-state index in [0.29, 0.717) is 13.2 Å².